The second kappa shape index (κ2) is 6.55. The van der Waals surface area contributed by atoms with Crippen molar-refractivity contribution in [1.82, 2.24) is 9.88 Å². The van der Waals surface area contributed by atoms with Gasteiger partial charge in [-0.2, -0.15) is 10.5 Å². The lowest BCUT2D eigenvalue weighted by Gasteiger charge is -2.23. The minimum Gasteiger partial charge on any atom is -0.283 e. The zero-order valence-corrected chi connectivity index (χ0v) is 9.30. The molecule has 0 aliphatic rings. The summed E-state index contributed by atoms with van der Waals surface area (Å²) < 4.78 is 0. The number of hydrogen-bond donors (Lipinski definition) is 0. The van der Waals surface area contributed by atoms with E-state index in [4.69, 9.17) is 10.5 Å². The van der Waals surface area contributed by atoms with Crippen LogP contribution in [0.25, 0.3) is 0 Å². The minimum absolute atomic E-state index is 0.187. The van der Waals surface area contributed by atoms with Crippen molar-refractivity contribution in [3.05, 3.63) is 30.1 Å². The van der Waals surface area contributed by atoms with Crippen LogP contribution in [0.5, 0.6) is 0 Å². The monoisotopic (exact) mass is 214 g/mol. The van der Waals surface area contributed by atoms with E-state index in [1.54, 1.807) is 12.4 Å². The van der Waals surface area contributed by atoms with Crippen LogP contribution in [0.15, 0.2) is 24.5 Å². The second-order valence-corrected chi connectivity index (χ2v) is 3.54. The Balaban J connectivity index is 2.64. The first-order chi connectivity index (χ1) is 7.77. The van der Waals surface area contributed by atoms with Crippen molar-refractivity contribution in [2.75, 3.05) is 6.54 Å². The predicted molar refractivity (Wildman–Crippen MR) is 60.0 cm³/mol. The number of rotatable bonds is 5. The van der Waals surface area contributed by atoms with E-state index >= 15 is 0 Å². The van der Waals surface area contributed by atoms with Gasteiger partial charge in [-0.25, -0.2) is 0 Å². The summed E-state index contributed by atoms with van der Waals surface area (Å²) in [6.07, 6.45) is 3.94. The molecule has 0 fully saturated rings. The smallest absolute Gasteiger partial charge is 0.0952 e. The molecule has 82 valence electrons. The Morgan fingerprint density at radius 3 is 2.88 bits per heavy atom. The molecule has 0 saturated heterocycles. The average molecular weight is 214 g/mol. The van der Waals surface area contributed by atoms with E-state index in [9.17, 15) is 0 Å². The summed E-state index contributed by atoms with van der Waals surface area (Å²) in [4.78, 5) is 6.00. The number of pyridine rings is 1. The van der Waals surface area contributed by atoms with Gasteiger partial charge in [-0.1, -0.05) is 6.07 Å². The van der Waals surface area contributed by atoms with Gasteiger partial charge in [0, 0.05) is 31.9 Å². The Morgan fingerprint density at radius 1 is 1.50 bits per heavy atom. The second-order valence-electron chi connectivity index (χ2n) is 3.54. The third kappa shape index (κ3) is 3.68. The maximum absolute atomic E-state index is 8.89. The van der Waals surface area contributed by atoms with Crippen LogP contribution >= 0.6 is 0 Å². The summed E-state index contributed by atoms with van der Waals surface area (Å²) in [6.45, 7) is 3.11. The maximum Gasteiger partial charge on any atom is 0.0952 e. The van der Waals surface area contributed by atoms with Crippen LogP contribution in [0, 0.1) is 22.7 Å². The normalized spacial score (nSPS) is 11.8. The van der Waals surface area contributed by atoms with Gasteiger partial charge in [0.15, 0.2) is 0 Å². The van der Waals surface area contributed by atoms with Gasteiger partial charge in [0.05, 0.1) is 18.2 Å². The van der Waals surface area contributed by atoms with E-state index in [-0.39, 0.29) is 6.04 Å². The lowest BCUT2D eigenvalue weighted by molar-refractivity contribution is 0.242. The van der Waals surface area contributed by atoms with Crippen molar-refractivity contribution in [3.63, 3.8) is 0 Å². The molecule has 1 aromatic rings. The van der Waals surface area contributed by atoms with Crippen LogP contribution in [-0.4, -0.2) is 22.5 Å². The largest absolute Gasteiger partial charge is 0.283 e. The number of hydrogen-bond acceptors (Lipinski definition) is 4. The van der Waals surface area contributed by atoms with Crippen LogP contribution in [0.2, 0.25) is 0 Å². The Bertz CT molecular complexity index is 388. The van der Waals surface area contributed by atoms with Crippen LogP contribution < -0.4 is 0 Å². The summed E-state index contributed by atoms with van der Waals surface area (Å²) in [6, 6.07) is 7.94. The van der Waals surface area contributed by atoms with Gasteiger partial charge in [0.1, 0.15) is 0 Å². The van der Waals surface area contributed by atoms with Gasteiger partial charge in [-0.15, -0.1) is 0 Å². The topological polar surface area (TPSA) is 63.7 Å². The van der Waals surface area contributed by atoms with Crippen LogP contribution in [0.3, 0.4) is 0 Å². The van der Waals surface area contributed by atoms with Gasteiger partial charge in [-0.3, -0.25) is 9.88 Å². The molecule has 0 saturated carbocycles. The lowest BCUT2D eigenvalue weighted by Crippen LogP contribution is -2.32. The van der Waals surface area contributed by atoms with Crippen molar-refractivity contribution < 1.29 is 0 Å². The highest BCUT2D eigenvalue weighted by Gasteiger charge is 2.12. The molecule has 16 heavy (non-hydrogen) atoms. The average Bonchev–Trinajstić information content (AvgIpc) is 2.34. The lowest BCUT2D eigenvalue weighted by atomic mass is 10.2. The first kappa shape index (κ1) is 12.2. The molecule has 0 aliphatic heterocycles. The summed E-state index contributed by atoms with van der Waals surface area (Å²) in [5, 5.41) is 17.5. The number of nitrogens with zero attached hydrogens (tertiary/aromatic N) is 4. The molecule has 1 unspecified atom stereocenters. The summed E-state index contributed by atoms with van der Waals surface area (Å²) in [5.74, 6) is 0. The van der Waals surface area contributed by atoms with Gasteiger partial charge in [0.25, 0.3) is 0 Å². The highest BCUT2D eigenvalue weighted by Crippen LogP contribution is 2.07. The third-order valence-electron chi connectivity index (χ3n) is 2.35. The van der Waals surface area contributed by atoms with Crippen LogP contribution in [0.4, 0.5) is 0 Å². The summed E-state index contributed by atoms with van der Waals surface area (Å²) >= 11 is 0. The minimum atomic E-state index is -0.187. The fraction of sp³-hybridized carbons (Fsp3) is 0.417. The zero-order valence-electron chi connectivity index (χ0n) is 9.30. The summed E-state index contributed by atoms with van der Waals surface area (Å²) in [5.41, 5.74) is 1.06. The van der Waals surface area contributed by atoms with E-state index in [0.717, 1.165) is 5.56 Å². The summed E-state index contributed by atoms with van der Waals surface area (Å²) in [7, 11) is 0. The number of nitriles is 2. The van der Waals surface area contributed by atoms with Crippen molar-refractivity contribution in [3.8, 4) is 12.1 Å². The SMILES string of the molecule is CC(C#N)N(CCC#N)Cc1cccnc1. The Hall–Kier alpha value is -1.91. The van der Waals surface area contributed by atoms with E-state index < -0.39 is 0 Å². The molecule has 0 radical (unpaired) electrons. The fourth-order valence-electron chi connectivity index (χ4n) is 1.41. The van der Waals surface area contributed by atoms with Crippen molar-refractivity contribution >= 4 is 0 Å². The van der Waals surface area contributed by atoms with E-state index in [1.807, 2.05) is 24.0 Å². The zero-order chi connectivity index (χ0) is 11.8. The molecular weight excluding hydrogens is 200 g/mol. The fourth-order valence-corrected chi connectivity index (χ4v) is 1.41. The highest BCUT2D eigenvalue weighted by molar-refractivity contribution is 5.09. The molecule has 1 aromatic heterocycles. The molecule has 0 spiro atoms. The first-order valence-corrected chi connectivity index (χ1v) is 5.17. The maximum atomic E-state index is 8.89. The van der Waals surface area contributed by atoms with Crippen molar-refractivity contribution in [2.45, 2.75) is 25.9 Å². The standard InChI is InChI=1S/C12H14N4/c1-11(8-14)16(7-3-5-13)10-12-4-2-6-15-9-12/h2,4,6,9,11H,3,7,10H2,1H3. The Morgan fingerprint density at radius 2 is 2.31 bits per heavy atom. The van der Waals surface area contributed by atoms with E-state index in [1.165, 1.54) is 0 Å². The van der Waals surface area contributed by atoms with Gasteiger partial charge in [-0.05, 0) is 18.6 Å². The molecule has 1 heterocycles. The molecule has 4 nitrogen and oxygen atoms in total. The van der Waals surface area contributed by atoms with Crippen LogP contribution in [-0.2, 0) is 6.54 Å². The molecule has 0 aromatic carbocycles. The predicted octanol–water partition coefficient (Wildman–Crippen LogP) is 1.71. The Labute approximate surface area is 95.8 Å². The first-order valence-electron chi connectivity index (χ1n) is 5.17. The molecular formula is C12H14N4. The Kier molecular flexibility index (Phi) is 4.98. The van der Waals surface area contributed by atoms with E-state index in [2.05, 4.69) is 17.1 Å². The van der Waals surface area contributed by atoms with Crippen LogP contribution in [0.1, 0.15) is 18.9 Å². The molecule has 0 N–H and O–H groups in total. The molecule has 1 atom stereocenters. The van der Waals surface area contributed by atoms with E-state index in [0.29, 0.717) is 19.5 Å². The molecule has 0 aliphatic carbocycles. The van der Waals surface area contributed by atoms with Gasteiger partial charge in [0.2, 0.25) is 0 Å². The third-order valence-corrected chi connectivity index (χ3v) is 2.35. The van der Waals surface area contributed by atoms with Gasteiger partial charge >= 0.3 is 0 Å². The molecule has 4 heteroatoms. The quantitative estimate of drug-likeness (QED) is 0.748. The van der Waals surface area contributed by atoms with Crippen molar-refractivity contribution in [2.24, 2.45) is 0 Å². The molecule has 1 rings (SSSR count). The highest BCUT2D eigenvalue weighted by atomic mass is 15.1. The number of aromatic nitrogens is 1. The molecule has 0 amide bonds. The molecule has 0 bridgehead atoms. The van der Waals surface area contributed by atoms with Crippen molar-refractivity contribution in [1.29, 1.82) is 10.5 Å². The van der Waals surface area contributed by atoms with Gasteiger partial charge < -0.3 is 0 Å².